The number of hydrogen-bond donors (Lipinski definition) is 1. The Labute approximate surface area is 118 Å². The zero-order chi connectivity index (χ0) is 14.4. The molecule has 1 saturated heterocycles. The molecule has 0 aromatic heterocycles. The van der Waals surface area contributed by atoms with Gasteiger partial charge in [-0.25, -0.2) is 0 Å². The molecule has 1 aromatic rings. The highest BCUT2D eigenvalue weighted by atomic mass is 16.6. The molecule has 2 atom stereocenters. The maximum atomic E-state index is 10.5. The lowest BCUT2D eigenvalue weighted by Gasteiger charge is -2.28. The average molecular weight is 280 g/mol. The number of nitro benzene ring substituents is 1. The van der Waals surface area contributed by atoms with Gasteiger partial charge in [0.25, 0.3) is 5.69 Å². The Balaban J connectivity index is 1.66. The molecular weight excluding hydrogens is 260 g/mol. The van der Waals surface area contributed by atoms with E-state index < -0.39 is 4.92 Å². The molecule has 1 heterocycles. The largest absolute Gasteiger partial charge is 0.492 e. The molecule has 1 aliphatic rings. The van der Waals surface area contributed by atoms with Gasteiger partial charge in [-0.05, 0) is 31.9 Å². The van der Waals surface area contributed by atoms with Crippen molar-refractivity contribution in [3.8, 4) is 5.75 Å². The summed E-state index contributed by atoms with van der Waals surface area (Å²) >= 11 is 0. The summed E-state index contributed by atoms with van der Waals surface area (Å²) < 4.78 is 11.0. The number of hydrogen-bond acceptors (Lipinski definition) is 5. The summed E-state index contributed by atoms with van der Waals surface area (Å²) in [6, 6.07) is 6.62. The number of nitrogens with zero attached hydrogens (tertiary/aromatic N) is 1. The first kappa shape index (κ1) is 14.7. The molecule has 0 amide bonds. The van der Waals surface area contributed by atoms with Crippen molar-refractivity contribution in [2.75, 3.05) is 19.8 Å². The van der Waals surface area contributed by atoms with Gasteiger partial charge in [0.05, 0.1) is 11.0 Å². The Hall–Kier alpha value is -1.66. The monoisotopic (exact) mass is 280 g/mol. The SMILES string of the molecule is CC1CC(NCCOc2ccc([N+](=O)[O-])cc2)CCO1. The first-order valence-corrected chi connectivity index (χ1v) is 6.87. The number of nitro groups is 1. The first-order valence-electron chi connectivity index (χ1n) is 6.87. The molecule has 0 spiro atoms. The molecule has 0 radical (unpaired) electrons. The Morgan fingerprint density at radius 2 is 2.20 bits per heavy atom. The molecule has 110 valence electrons. The van der Waals surface area contributed by atoms with Gasteiger partial charge in [0.1, 0.15) is 12.4 Å². The molecule has 20 heavy (non-hydrogen) atoms. The molecule has 6 heteroatoms. The summed E-state index contributed by atoms with van der Waals surface area (Å²) in [7, 11) is 0. The smallest absolute Gasteiger partial charge is 0.269 e. The van der Waals surface area contributed by atoms with Crippen molar-refractivity contribution in [2.24, 2.45) is 0 Å². The Morgan fingerprint density at radius 1 is 1.45 bits per heavy atom. The molecule has 2 rings (SSSR count). The zero-order valence-corrected chi connectivity index (χ0v) is 11.6. The number of ether oxygens (including phenoxy) is 2. The molecule has 1 aromatic carbocycles. The summed E-state index contributed by atoms with van der Waals surface area (Å²) in [4.78, 5) is 10.1. The zero-order valence-electron chi connectivity index (χ0n) is 11.6. The van der Waals surface area contributed by atoms with Gasteiger partial charge in [0, 0.05) is 31.3 Å². The summed E-state index contributed by atoms with van der Waals surface area (Å²) in [5.74, 6) is 0.651. The fraction of sp³-hybridized carbons (Fsp3) is 0.571. The van der Waals surface area contributed by atoms with Crippen LogP contribution in [0.25, 0.3) is 0 Å². The van der Waals surface area contributed by atoms with Gasteiger partial charge >= 0.3 is 0 Å². The second kappa shape index (κ2) is 7.21. The Kier molecular flexibility index (Phi) is 5.31. The molecular formula is C14H20N2O4. The Morgan fingerprint density at radius 3 is 2.85 bits per heavy atom. The lowest BCUT2D eigenvalue weighted by Crippen LogP contribution is -2.39. The van der Waals surface area contributed by atoms with Gasteiger partial charge in [-0.1, -0.05) is 0 Å². The molecule has 1 fully saturated rings. The quantitative estimate of drug-likeness (QED) is 0.491. The third-order valence-corrected chi connectivity index (χ3v) is 3.34. The van der Waals surface area contributed by atoms with Crippen LogP contribution in [-0.4, -0.2) is 36.8 Å². The van der Waals surface area contributed by atoms with Crippen LogP contribution >= 0.6 is 0 Å². The second-order valence-corrected chi connectivity index (χ2v) is 4.96. The minimum absolute atomic E-state index is 0.0756. The minimum atomic E-state index is -0.419. The fourth-order valence-electron chi connectivity index (χ4n) is 2.28. The lowest BCUT2D eigenvalue weighted by atomic mass is 10.0. The highest BCUT2D eigenvalue weighted by Gasteiger charge is 2.18. The van der Waals surface area contributed by atoms with E-state index in [4.69, 9.17) is 9.47 Å². The normalized spacial score (nSPS) is 22.4. The van der Waals surface area contributed by atoms with E-state index in [-0.39, 0.29) is 5.69 Å². The van der Waals surface area contributed by atoms with Crippen LogP contribution in [-0.2, 0) is 4.74 Å². The molecule has 2 unspecified atom stereocenters. The standard InChI is InChI=1S/C14H20N2O4/c1-11-10-12(6-8-19-11)15-7-9-20-14-4-2-13(3-5-14)16(17)18/h2-5,11-12,15H,6-10H2,1H3. The van der Waals surface area contributed by atoms with Gasteiger partial charge in [-0.3, -0.25) is 10.1 Å². The molecule has 0 aliphatic carbocycles. The lowest BCUT2D eigenvalue weighted by molar-refractivity contribution is -0.384. The maximum Gasteiger partial charge on any atom is 0.269 e. The van der Waals surface area contributed by atoms with Crippen molar-refractivity contribution in [3.63, 3.8) is 0 Å². The number of rotatable bonds is 6. The molecule has 1 N–H and O–H groups in total. The van der Waals surface area contributed by atoms with Crippen molar-refractivity contribution in [1.82, 2.24) is 5.32 Å². The average Bonchev–Trinajstić information content (AvgIpc) is 2.44. The predicted molar refractivity (Wildman–Crippen MR) is 75.0 cm³/mol. The highest BCUT2D eigenvalue weighted by molar-refractivity contribution is 5.35. The number of benzene rings is 1. The molecule has 0 saturated carbocycles. The summed E-state index contributed by atoms with van der Waals surface area (Å²) in [5.41, 5.74) is 0.0756. The molecule has 1 aliphatic heterocycles. The van der Waals surface area contributed by atoms with Crippen LogP contribution in [0, 0.1) is 10.1 Å². The highest BCUT2D eigenvalue weighted by Crippen LogP contribution is 2.17. The van der Waals surface area contributed by atoms with Crippen molar-refractivity contribution in [2.45, 2.75) is 31.9 Å². The van der Waals surface area contributed by atoms with Crippen LogP contribution in [0.15, 0.2) is 24.3 Å². The van der Waals surface area contributed by atoms with Gasteiger partial charge in [-0.2, -0.15) is 0 Å². The summed E-state index contributed by atoms with van der Waals surface area (Å²) in [5, 5.41) is 14.0. The predicted octanol–water partition coefficient (Wildman–Crippen LogP) is 2.13. The minimum Gasteiger partial charge on any atom is -0.492 e. The van der Waals surface area contributed by atoms with Crippen molar-refractivity contribution >= 4 is 5.69 Å². The van der Waals surface area contributed by atoms with E-state index in [1.165, 1.54) is 12.1 Å². The maximum absolute atomic E-state index is 10.5. The number of nitrogens with one attached hydrogen (secondary N) is 1. The van der Waals surface area contributed by atoms with Crippen LogP contribution in [0.4, 0.5) is 5.69 Å². The van der Waals surface area contributed by atoms with Gasteiger partial charge in [-0.15, -0.1) is 0 Å². The van der Waals surface area contributed by atoms with Gasteiger partial charge in [0.15, 0.2) is 0 Å². The summed E-state index contributed by atoms with van der Waals surface area (Å²) in [6.45, 7) is 4.20. The molecule has 0 bridgehead atoms. The molecule has 6 nitrogen and oxygen atoms in total. The van der Waals surface area contributed by atoms with E-state index in [1.807, 2.05) is 0 Å². The topological polar surface area (TPSA) is 73.6 Å². The van der Waals surface area contributed by atoms with Crippen LogP contribution in [0.2, 0.25) is 0 Å². The van der Waals surface area contributed by atoms with Crippen molar-refractivity contribution < 1.29 is 14.4 Å². The van der Waals surface area contributed by atoms with Gasteiger partial charge < -0.3 is 14.8 Å². The van der Waals surface area contributed by atoms with Gasteiger partial charge in [0.2, 0.25) is 0 Å². The van der Waals surface area contributed by atoms with Crippen LogP contribution in [0.3, 0.4) is 0 Å². The Bertz CT molecular complexity index is 435. The number of non-ortho nitro benzene ring substituents is 1. The fourth-order valence-corrected chi connectivity index (χ4v) is 2.28. The van der Waals surface area contributed by atoms with Crippen molar-refractivity contribution in [3.05, 3.63) is 34.4 Å². The van der Waals surface area contributed by atoms with Crippen LogP contribution < -0.4 is 10.1 Å². The third-order valence-electron chi connectivity index (χ3n) is 3.34. The van der Waals surface area contributed by atoms with E-state index in [1.54, 1.807) is 12.1 Å². The van der Waals surface area contributed by atoms with Crippen molar-refractivity contribution in [1.29, 1.82) is 0 Å². The van der Waals surface area contributed by atoms with E-state index in [2.05, 4.69) is 12.2 Å². The van der Waals surface area contributed by atoms with E-state index >= 15 is 0 Å². The van der Waals surface area contributed by atoms with E-state index in [9.17, 15) is 10.1 Å². The van der Waals surface area contributed by atoms with E-state index in [0.717, 1.165) is 26.0 Å². The third kappa shape index (κ3) is 4.47. The van der Waals surface area contributed by atoms with E-state index in [0.29, 0.717) is 24.5 Å². The summed E-state index contributed by atoms with van der Waals surface area (Å²) in [6.07, 6.45) is 2.37. The first-order chi connectivity index (χ1) is 9.65. The van der Waals surface area contributed by atoms with Crippen LogP contribution in [0.1, 0.15) is 19.8 Å². The second-order valence-electron chi connectivity index (χ2n) is 4.96. The van der Waals surface area contributed by atoms with Crippen LogP contribution in [0.5, 0.6) is 5.75 Å².